The van der Waals surface area contributed by atoms with Crippen LogP contribution in [0, 0.1) is 0 Å². The molecule has 11 heteroatoms. The number of nitrogens with zero attached hydrogens (tertiary/aromatic N) is 7. The number of H-pyrrole nitrogens is 1. The molecule has 0 saturated carbocycles. The summed E-state index contributed by atoms with van der Waals surface area (Å²) in [6, 6.07) is 15.4. The lowest BCUT2D eigenvalue weighted by atomic mass is 9.83. The lowest BCUT2D eigenvalue weighted by Crippen LogP contribution is -2.52. The fraction of sp³-hybridized carbons (Fsp3) is 0.259. The number of carbonyl (C=O) groups excluding carboxylic acids is 1. The summed E-state index contributed by atoms with van der Waals surface area (Å²) in [6.07, 6.45) is 7.25. The Hall–Kier alpha value is -4.64. The highest BCUT2D eigenvalue weighted by molar-refractivity contribution is 5.91. The van der Waals surface area contributed by atoms with Crippen LogP contribution in [0.4, 0.5) is 5.82 Å². The molecular weight excluding hydrogens is 482 g/mol. The monoisotopic (exact) mass is 507 g/mol. The molecule has 1 aromatic carbocycles. The van der Waals surface area contributed by atoms with Crippen LogP contribution in [0.3, 0.4) is 0 Å². The van der Waals surface area contributed by atoms with Gasteiger partial charge in [0.2, 0.25) is 5.82 Å². The van der Waals surface area contributed by atoms with Crippen LogP contribution < -0.4 is 5.73 Å². The van der Waals surface area contributed by atoms with Gasteiger partial charge in [0.1, 0.15) is 17.7 Å². The number of benzene rings is 1. The van der Waals surface area contributed by atoms with Gasteiger partial charge in [0.25, 0.3) is 5.91 Å². The van der Waals surface area contributed by atoms with Crippen molar-refractivity contribution >= 4 is 17.4 Å². The quantitative estimate of drug-likeness (QED) is 0.336. The average molecular weight is 508 g/mol. The number of anilines is 1. The number of carbonyl (C=O) groups is 1. The van der Waals surface area contributed by atoms with Crippen molar-refractivity contribution in [3.8, 4) is 22.4 Å². The Labute approximate surface area is 217 Å². The predicted octanol–water partition coefficient (Wildman–Crippen LogP) is 2.81. The van der Waals surface area contributed by atoms with E-state index in [1.54, 1.807) is 23.0 Å². The molecule has 4 N–H and O–H groups in total. The van der Waals surface area contributed by atoms with Crippen molar-refractivity contribution in [2.75, 3.05) is 5.73 Å². The molecule has 0 aliphatic carbocycles. The number of nitrogen functional groups attached to an aromatic ring is 1. The maximum Gasteiger partial charge on any atom is 0.292 e. The van der Waals surface area contributed by atoms with Crippen LogP contribution in [0.15, 0.2) is 67.3 Å². The molecular formula is C27H25N9O2. The first-order valence-corrected chi connectivity index (χ1v) is 12.6. The number of piperidine rings is 1. The van der Waals surface area contributed by atoms with Crippen LogP contribution in [0.1, 0.15) is 42.0 Å². The van der Waals surface area contributed by atoms with Crippen molar-refractivity contribution in [3.63, 3.8) is 0 Å². The Bertz CT molecular complexity index is 1620. The molecule has 190 valence electrons. The topological polar surface area (TPSA) is 151 Å². The van der Waals surface area contributed by atoms with Crippen molar-refractivity contribution in [1.29, 1.82) is 0 Å². The molecule has 11 nitrogen and oxygen atoms in total. The molecule has 2 aliphatic heterocycles. The third-order valence-electron chi connectivity index (χ3n) is 7.74. The van der Waals surface area contributed by atoms with E-state index in [9.17, 15) is 9.90 Å². The summed E-state index contributed by atoms with van der Waals surface area (Å²) in [5, 5.41) is 23.9. The van der Waals surface area contributed by atoms with Gasteiger partial charge >= 0.3 is 0 Å². The molecule has 4 aromatic heterocycles. The Kier molecular flexibility index (Phi) is 5.02. The van der Waals surface area contributed by atoms with E-state index in [-0.39, 0.29) is 23.8 Å². The Morgan fingerprint density at radius 1 is 1.05 bits per heavy atom. The van der Waals surface area contributed by atoms with Gasteiger partial charge in [0, 0.05) is 53.9 Å². The fourth-order valence-electron chi connectivity index (χ4n) is 5.96. The zero-order valence-corrected chi connectivity index (χ0v) is 20.4. The van der Waals surface area contributed by atoms with Gasteiger partial charge in [-0.25, -0.2) is 4.98 Å². The van der Waals surface area contributed by atoms with Crippen molar-refractivity contribution in [3.05, 3.63) is 78.8 Å². The maximum atomic E-state index is 13.0. The first kappa shape index (κ1) is 22.5. The van der Waals surface area contributed by atoms with E-state index in [2.05, 4.69) is 25.3 Å². The number of hydrogen-bond acceptors (Lipinski definition) is 8. The SMILES string of the molecule is Nc1cc([C@@]2(O)C[C@H]3CC[C@@H](C2)N3C(=O)c2nnc[nH]2)nc2c(-c3ccc(-c4ccccc4)nc3)cnn12. The lowest BCUT2D eigenvalue weighted by Gasteiger charge is -2.43. The minimum atomic E-state index is -1.23. The molecule has 1 amide bonds. The van der Waals surface area contributed by atoms with Crippen molar-refractivity contribution < 1.29 is 9.90 Å². The largest absolute Gasteiger partial charge is 0.384 e. The molecule has 0 radical (unpaired) electrons. The van der Waals surface area contributed by atoms with E-state index < -0.39 is 5.60 Å². The van der Waals surface area contributed by atoms with Gasteiger partial charge in [-0.2, -0.15) is 9.61 Å². The van der Waals surface area contributed by atoms with Crippen LogP contribution in [0.25, 0.3) is 28.0 Å². The van der Waals surface area contributed by atoms with Crippen molar-refractivity contribution in [2.24, 2.45) is 0 Å². The lowest BCUT2D eigenvalue weighted by molar-refractivity contribution is -0.0509. The third-order valence-corrected chi connectivity index (χ3v) is 7.74. The molecule has 2 fully saturated rings. The summed E-state index contributed by atoms with van der Waals surface area (Å²) >= 11 is 0. The molecule has 0 unspecified atom stereocenters. The number of pyridine rings is 1. The van der Waals surface area contributed by atoms with Crippen LogP contribution in [-0.2, 0) is 5.60 Å². The van der Waals surface area contributed by atoms with E-state index in [1.807, 2.05) is 47.4 Å². The highest BCUT2D eigenvalue weighted by atomic mass is 16.3. The number of nitrogens with two attached hydrogens (primary N) is 1. The second-order valence-corrected chi connectivity index (χ2v) is 10.0. The maximum absolute atomic E-state index is 13.0. The van der Waals surface area contributed by atoms with Crippen molar-refractivity contribution in [2.45, 2.75) is 43.4 Å². The second-order valence-electron chi connectivity index (χ2n) is 10.0. The summed E-state index contributed by atoms with van der Waals surface area (Å²) in [6.45, 7) is 0. The van der Waals surface area contributed by atoms with E-state index in [0.717, 1.165) is 35.2 Å². The molecule has 2 aliphatic rings. The highest BCUT2D eigenvalue weighted by Crippen LogP contribution is 2.46. The number of aromatic nitrogens is 7. The average Bonchev–Trinajstić information content (AvgIpc) is 3.68. The minimum absolute atomic E-state index is 0.130. The van der Waals surface area contributed by atoms with E-state index in [4.69, 9.17) is 10.7 Å². The van der Waals surface area contributed by atoms with Crippen LogP contribution in [-0.4, -0.2) is 62.8 Å². The number of aromatic amines is 1. The minimum Gasteiger partial charge on any atom is -0.384 e. The normalized spacial score (nSPS) is 22.7. The first-order chi connectivity index (χ1) is 18.5. The Morgan fingerprint density at radius 3 is 2.53 bits per heavy atom. The van der Waals surface area contributed by atoms with Gasteiger partial charge in [0.05, 0.1) is 17.6 Å². The Morgan fingerprint density at radius 2 is 1.84 bits per heavy atom. The second kappa shape index (κ2) is 8.45. The summed E-state index contributed by atoms with van der Waals surface area (Å²) in [5.41, 5.74) is 9.73. The van der Waals surface area contributed by atoms with Gasteiger partial charge in [0.15, 0.2) is 5.65 Å². The van der Waals surface area contributed by atoms with Crippen molar-refractivity contribution in [1.82, 2.24) is 39.7 Å². The van der Waals surface area contributed by atoms with Crippen LogP contribution in [0.2, 0.25) is 0 Å². The fourth-order valence-corrected chi connectivity index (χ4v) is 5.96. The molecule has 6 heterocycles. The molecule has 2 bridgehead atoms. The molecule has 0 spiro atoms. The van der Waals surface area contributed by atoms with Gasteiger partial charge in [-0.15, -0.1) is 10.2 Å². The zero-order valence-electron chi connectivity index (χ0n) is 20.4. The van der Waals surface area contributed by atoms with Gasteiger partial charge in [-0.3, -0.25) is 9.78 Å². The number of hydrogen-bond donors (Lipinski definition) is 3. The first-order valence-electron chi connectivity index (χ1n) is 12.6. The molecule has 3 atom stereocenters. The summed E-state index contributed by atoms with van der Waals surface area (Å²) in [4.78, 5) is 27.2. The smallest absolute Gasteiger partial charge is 0.292 e. The number of nitrogens with one attached hydrogen (secondary N) is 1. The van der Waals surface area contributed by atoms with Gasteiger partial charge in [-0.1, -0.05) is 36.4 Å². The summed E-state index contributed by atoms with van der Waals surface area (Å²) in [5.74, 6) is 0.405. The van der Waals surface area contributed by atoms with E-state index in [0.29, 0.717) is 30.0 Å². The number of aliphatic hydroxyl groups is 1. The molecule has 7 rings (SSSR count). The van der Waals surface area contributed by atoms with Crippen LogP contribution in [0.5, 0.6) is 0 Å². The molecule has 38 heavy (non-hydrogen) atoms. The number of rotatable bonds is 4. The van der Waals surface area contributed by atoms with Gasteiger partial charge in [-0.05, 0) is 18.9 Å². The van der Waals surface area contributed by atoms with E-state index in [1.165, 1.54) is 6.33 Å². The number of fused-ring (bicyclic) bond motifs is 3. The van der Waals surface area contributed by atoms with Gasteiger partial charge < -0.3 is 20.7 Å². The predicted molar refractivity (Wildman–Crippen MR) is 139 cm³/mol. The number of amides is 1. The van der Waals surface area contributed by atoms with Crippen LogP contribution >= 0.6 is 0 Å². The standard InChI is InChI=1S/C27H25N9O2/c28-23-10-22(27(38)11-18-7-8-19(12-27)35(18)26(37)24-30-15-31-34-24)33-25-20(14-32-36(23)25)17-6-9-21(29-13-17)16-4-2-1-3-5-16/h1-6,9-10,13-15,18-19,38H,7-8,11-12,28H2,(H,30,31,34)/t18-,19+,27-. The molecule has 5 aromatic rings. The Balaban J connectivity index is 1.22. The molecule has 2 saturated heterocycles. The third kappa shape index (κ3) is 3.54. The summed E-state index contributed by atoms with van der Waals surface area (Å²) in [7, 11) is 0. The summed E-state index contributed by atoms with van der Waals surface area (Å²) < 4.78 is 1.57. The zero-order chi connectivity index (χ0) is 25.9. The van der Waals surface area contributed by atoms with E-state index >= 15 is 0 Å². The highest BCUT2D eigenvalue weighted by Gasteiger charge is 2.51.